The number of aliphatic hydroxyl groups excluding tert-OH is 3. The molecular formula is C15H18N2O5S. The summed E-state index contributed by atoms with van der Waals surface area (Å²) in [5.41, 5.74) is 1.74. The molecule has 1 aliphatic heterocycles. The van der Waals surface area contributed by atoms with Crippen molar-refractivity contribution in [3.05, 3.63) is 29.9 Å². The first-order valence-electron chi connectivity index (χ1n) is 7.18. The van der Waals surface area contributed by atoms with Gasteiger partial charge in [0.2, 0.25) is 0 Å². The molecule has 3 rings (SSSR count). The Morgan fingerprint density at radius 1 is 1.22 bits per heavy atom. The fourth-order valence-corrected chi connectivity index (χ4v) is 3.65. The van der Waals surface area contributed by atoms with Gasteiger partial charge in [-0.3, -0.25) is 4.98 Å². The fourth-order valence-electron chi connectivity index (χ4n) is 2.53. The lowest BCUT2D eigenvalue weighted by Gasteiger charge is -2.34. The smallest absolute Gasteiger partial charge is 0.173 e. The van der Waals surface area contributed by atoms with Gasteiger partial charge in [-0.1, -0.05) is 5.16 Å². The number of aromatic nitrogens is 2. The third-order valence-electron chi connectivity index (χ3n) is 3.74. The summed E-state index contributed by atoms with van der Waals surface area (Å²) in [6, 6.07) is 1.78. The van der Waals surface area contributed by atoms with Crippen LogP contribution in [0.25, 0.3) is 11.1 Å². The van der Waals surface area contributed by atoms with Crippen LogP contribution in [0.3, 0.4) is 0 Å². The summed E-state index contributed by atoms with van der Waals surface area (Å²) in [5, 5.41) is 33.2. The van der Waals surface area contributed by atoms with Gasteiger partial charge in [0.05, 0.1) is 18.0 Å². The molecule has 1 aliphatic rings. The Morgan fingerprint density at radius 3 is 2.70 bits per heavy atom. The molecule has 0 spiro atoms. The predicted molar refractivity (Wildman–Crippen MR) is 84.1 cm³/mol. The van der Waals surface area contributed by atoms with Crippen molar-refractivity contribution in [2.24, 2.45) is 0 Å². The number of thioether (sulfide) groups is 1. The van der Waals surface area contributed by atoms with Crippen molar-refractivity contribution < 1.29 is 24.6 Å². The van der Waals surface area contributed by atoms with E-state index in [0.29, 0.717) is 17.3 Å². The maximum Gasteiger partial charge on any atom is 0.173 e. The molecular weight excluding hydrogens is 320 g/mol. The number of pyridine rings is 1. The molecule has 0 bridgehead atoms. The summed E-state index contributed by atoms with van der Waals surface area (Å²) in [7, 11) is 0. The van der Waals surface area contributed by atoms with Crippen LogP contribution in [0.2, 0.25) is 0 Å². The molecule has 0 saturated carbocycles. The molecule has 0 unspecified atom stereocenters. The molecule has 2 aromatic heterocycles. The summed E-state index contributed by atoms with van der Waals surface area (Å²) >= 11 is 1.25. The normalized spacial score (nSPS) is 27.9. The molecule has 4 atom stereocenters. The first kappa shape index (κ1) is 16.3. The molecule has 7 nitrogen and oxygen atoms in total. The van der Waals surface area contributed by atoms with Crippen LogP contribution in [0.1, 0.15) is 11.5 Å². The average molecular weight is 338 g/mol. The summed E-state index contributed by atoms with van der Waals surface area (Å²) in [6.07, 6.45) is -0.137. The molecule has 1 fully saturated rings. The van der Waals surface area contributed by atoms with Crippen molar-refractivity contribution >= 4 is 11.8 Å². The second-order valence-electron chi connectivity index (χ2n) is 5.48. The van der Waals surface area contributed by atoms with Crippen LogP contribution >= 0.6 is 11.8 Å². The summed E-state index contributed by atoms with van der Waals surface area (Å²) in [4.78, 5) is 4.15. The van der Waals surface area contributed by atoms with Crippen LogP contribution in [0.5, 0.6) is 5.75 Å². The van der Waals surface area contributed by atoms with Gasteiger partial charge in [-0.25, -0.2) is 0 Å². The van der Waals surface area contributed by atoms with Gasteiger partial charge in [0, 0.05) is 23.1 Å². The lowest BCUT2D eigenvalue weighted by molar-refractivity contribution is -0.0786. The van der Waals surface area contributed by atoms with Crippen LogP contribution in [-0.4, -0.2) is 55.0 Å². The quantitative estimate of drug-likeness (QED) is 0.757. The summed E-state index contributed by atoms with van der Waals surface area (Å²) in [6.45, 7) is 3.67. The van der Waals surface area contributed by atoms with Gasteiger partial charge in [0.1, 0.15) is 23.7 Å². The van der Waals surface area contributed by atoms with Gasteiger partial charge in [0.15, 0.2) is 5.44 Å². The minimum Gasteiger partial charge on any atom is -0.475 e. The van der Waals surface area contributed by atoms with E-state index in [1.165, 1.54) is 18.0 Å². The van der Waals surface area contributed by atoms with Gasteiger partial charge in [-0.05, 0) is 19.9 Å². The molecule has 23 heavy (non-hydrogen) atoms. The molecule has 0 radical (unpaired) electrons. The number of nitrogens with zero attached hydrogens (tertiary/aromatic N) is 2. The summed E-state index contributed by atoms with van der Waals surface area (Å²) < 4.78 is 10.9. The Bertz CT molecular complexity index is 673. The molecule has 0 aromatic carbocycles. The van der Waals surface area contributed by atoms with Crippen molar-refractivity contribution in [3.63, 3.8) is 0 Å². The third-order valence-corrected chi connectivity index (χ3v) is 4.98. The van der Waals surface area contributed by atoms with E-state index in [-0.39, 0.29) is 0 Å². The second kappa shape index (κ2) is 6.48. The Labute approximate surface area is 137 Å². The Kier molecular flexibility index (Phi) is 4.58. The highest BCUT2D eigenvalue weighted by Crippen LogP contribution is 2.32. The lowest BCUT2D eigenvalue weighted by atomic mass is 10.1. The monoisotopic (exact) mass is 338 g/mol. The van der Waals surface area contributed by atoms with E-state index < -0.39 is 23.7 Å². The van der Waals surface area contributed by atoms with E-state index in [2.05, 4.69) is 10.1 Å². The van der Waals surface area contributed by atoms with E-state index in [0.717, 1.165) is 16.8 Å². The maximum atomic E-state index is 10.0. The van der Waals surface area contributed by atoms with Crippen LogP contribution < -0.4 is 4.74 Å². The van der Waals surface area contributed by atoms with Gasteiger partial charge >= 0.3 is 0 Å². The largest absolute Gasteiger partial charge is 0.475 e. The van der Waals surface area contributed by atoms with E-state index in [1.54, 1.807) is 12.3 Å². The zero-order valence-electron chi connectivity index (χ0n) is 12.7. The highest BCUT2D eigenvalue weighted by Gasteiger charge is 2.38. The molecule has 3 N–H and O–H groups in total. The average Bonchev–Trinajstić information content (AvgIpc) is 2.87. The molecule has 0 aliphatic carbocycles. The van der Waals surface area contributed by atoms with Crippen molar-refractivity contribution in [1.82, 2.24) is 10.1 Å². The van der Waals surface area contributed by atoms with Gasteiger partial charge in [0.25, 0.3) is 0 Å². The third kappa shape index (κ3) is 3.20. The van der Waals surface area contributed by atoms with Crippen molar-refractivity contribution in [1.29, 1.82) is 0 Å². The van der Waals surface area contributed by atoms with Crippen LogP contribution in [0, 0.1) is 13.8 Å². The molecule has 124 valence electrons. The van der Waals surface area contributed by atoms with Crippen molar-refractivity contribution in [2.45, 2.75) is 37.6 Å². The highest BCUT2D eigenvalue weighted by atomic mass is 32.2. The fraction of sp³-hybridized carbons (Fsp3) is 0.467. The number of aryl methyl sites for hydroxylation is 2. The van der Waals surface area contributed by atoms with E-state index in [1.807, 2.05) is 13.8 Å². The molecule has 3 heterocycles. The number of aliphatic hydroxyl groups is 3. The van der Waals surface area contributed by atoms with E-state index in [9.17, 15) is 15.3 Å². The Balaban J connectivity index is 1.81. The standard InChI is InChI=1S/C15H18N2O5S/c1-7-12(8(2)22-17-7)9-3-10(5-16-4-9)21-15-14(20)13(19)11(18)6-23-15/h3-5,11,13-15,18-20H,6H2,1-2H3/t11-,13+,14-,15+/m1/s1. The molecule has 0 amide bonds. The van der Waals surface area contributed by atoms with Crippen LogP contribution in [0.4, 0.5) is 0 Å². The zero-order valence-corrected chi connectivity index (χ0v) is 13.5. The van der Waals surface area contributed by atoms with Gasteiger partial charge in [-0.2, -0.15) is 0 Å². The van der Waals surface area contributed by atoms with Gasteiger partial charge in [-0.15, -0.1) is 11.8 Å². The highest BCUT2D eigenvalue weighted by molar-refractivity contribution is 7.99. The SMILES string of the molecule is Cc1noc(C)c1-c1cncc(O[C@H]2SC[C@@H](O)[C@H](O)[C@H]2O)c1. The maximum absolute atomic E-state index is 10.0. The zero-order chi connectivity index (χ0) is 16.6. The van der Waals surface area contributed by atoms with E-state index >= 15 is 0 Å². The predicted octanol–water partition coefficient (Wildman–Crippen LogP) is 0.888. The minimum atomic E-state index is -1.22. The first-order chi connectivity index (χ1) is 11.0. The van der Waals surface area contributed by atoms with Crippen LogP contribution in [0.15, 0.2) is 23.0 Å². The first-order valence-corrected chi connectivity index (χ1v) is 8.23. The van der Waals surface area contributed by atoms with Crippen molar-refractivity contribution in [2.75, 3.05) is 5.75 Å². The Hall–Kier alpha value is -1.61. The van der Waals surface area contributed by atoms with Gasteiger partial charge < -0.3 is 24.6 Å². The summed E-state index contributed by atoms with van der Waals surface area (Å²) in [5.74, 6) is 1.44. The topological polar surface area (TPSA) is 109 Å². The number of hydrogen-bond donors (Lipinski definition) is 3. The Morgan fingerprint density at radius 2 is 2.00 bits per heavy atom. The number of hydrogen-bond acceptors (Lipinski definition) is 8. The molecule has 2 aromatic rings. The molecule has 1 saturated heterocycles. The minimum absolute atomic E-state index is 0.292. The number of ether oxygens (including phenoxy) is 1. The molecule has 8 heteroatoms. The van der Waals surface area contributed by atoms with E-state index in [4.69, 9.17) is 9.26 Å². The number of rotatable bonds is 3. The van der Waals surface area contributed by atoms with Crippen molar-refractivity contribution in [3.8, 4) is 16.9 Å². The lowest BCUT2D eigenvalue weighted by Crippen LogP contribution is -2.50. The second-order valence-corrected chi connectivity index (χ2v) is 6.61. The van der Waals surface area contributed by atoms with Crippen LogP contribution in [-0.2, 0) is 0 Å².